The van der Waals surface area contributed by atoms with Crippen molar-refractivity contribution in [2.24, 2.45) is 17.6 Å². The van der Waals surface area contributed by atoms with Gasteiger partial charge in [0.25, 0.3) is 0 Å². The zero-order chi connectivity index (χ0) is 12.7. The Balaban J connectivity index is 2.28. The van der Waals surface area contributed by atoms with Crippen LogP contribution in [0.5, 0.6) is 0 Å². The van der Waals surface area contributed by atoms with Crippen molar-refractivity contribution in [1.29, 1.82) is 0 Å². The maximum absolute atomic E-state index is 11.6. The average Bonchev–Trinajstić information content (AvgIpc) is 2.30. The minimum absolute atomic E-state index is 0.175. The number of rotatable bonds is 6. The molecule has 1 amide bonds. The van der Waals surface area contributed by atoms with E-state index in [0.717, 1.165) is 18.9 Å². The van der Waals surface area contributed by atoms with Crippen LogP contribution in [-0.4, -0.2) is 18.5 Å². The van der Waals surface area contributed by atoms with Gasteiger partial charge in [-0.15, -0.1) is 0 Å². The van der Waals surface area contributed by atoms with E-state index in [2.05, 4.69) is 5.32 Å². The number of amides is 1. The molecule has 17 heavy (non-hydrogen) atoms. The number of hydrogen-bond donors (Lipinski definition) is 2. The number of hydrogen-bond acceptors (Lipinski definition) is 2. The largest absolute Gasteiger partial charge is 0.354 e. The predicted molar refractivity (Wildman–Crippen MR) is 71.6 cm³/mol. The second kappa shape index (κ2) is 7.70. The molecule has 0 spiro atoms. The first kappa shape index (κ1) is 14.5. The summed E-state index contributed by atoms with van der Waals surface area (Å²) in [5.41, 5.74) is 5.86. The molecule has 3 nitrogen and oxygen atoms in total. The second-order valence-corrected chi connectivity index (χ2v) is 5.65. The maximum Gasteiger partial charge on any atom is 0.220 e. The monoisotopic (exact) mass is 240 g/mol. The van der Waals surface area contributed by atoms with Gasteiger partial charge in [-0.05, 0) is 38.6 Å². The van der Waals surface area contributed by atoms with Gasteiger partial charge >= 0.3 is 0 Å². The van der Waals surface area contributed by atoms with Gasteiger partial charge in [0.15, 0.2) is 0 Å². The highest BCUT2D eigenvalue weighted by Crippen LogP contribution is 2.31. The van der Waals surface area contributed by atoms with Crippen LogP contribution in [0.25, 0.3) is 0 Å². The fraction of sp³-hybridized carbons (Fsp3) is 0.929. The fourth-order valence-corrected chi connectivity index (χ4v) is 2.86. The highest BCUT2D eigenvalue weighted by atomic mass is 16.1. The molecule has 0 aromatic heterocycles. The number of nitrogens with one attached hydrogen (secondary N) is 1. The average molecular weight is 240 g/mol. The maximum atomic E-state index is 11.6. The minimum atomic E-state index is 0.175. The van der Waals surface area contributed by atoms with Crippen molar-refractivity contribution in [2.75, 3.05) is 6.54 Å². The fourth-order valence-electron chi connectivity index (χ4n) is 2.86. The van der Waals surface area contributed by atoms with Crippen LogP contribution in [0.1, 0.15) is 58.8 Å². The van der Waals surface area contributed by atoms with Crippen LogP contribution in [0.15, 0.2) is 0 Å². The van der Waals surface area contributed by atoms with Crippen molar-refractivity contribution < 1.29 is 4.79 Å². The molecule has 1 fully saturated rings. The van der Waals surface area contributed by atoms with Crippen molar-refractivity contribution in [3.05, 3.63) is 0 Å². The first-order valence-corrected chi connectivity index (χ1v) is 7.13. The molecule has 0 bridgehead atoms. The van der Waals surface area contributed by atoms with Crippen LogP contribution < -0.4 is 11.1 Å². The van der Waals surface area contributed by atoms with Gasteiger partial charge in [-0.25, -0.2) is 0 Å². The summed E-state index contributed by atoms with van der Waals surface area (Å²) < 4.78 is 0. The lowest BCUT2D eigenvalue weighted by atomic mass is 9.78. The van der Waals surface area contributed by atoms with E-state index in [0.29, 0.717) is 12.3 Å². The Hall–Kier alpha value is -0.570. The van der Waals surface area contributed by atoms with E-state index in [-0.39, 0.29) is 11.9 Å². The Bertz CT molecular complexity index is 222. The van der Waals surface area contributed by atoms with Crippen LogP contribution in [0.3, 0.4) is 0 Å². The van der Waals surface area contributed by atoms with Crippen molar-refractivity contribution in [2.45, 2.75) is 64.8 Å². The summed E-state index contributed by atoms with van der Waals surface area (Å²) in [5, 5.41) is 2.95. The summed E-state index contributed by atoms with van der Waals surface area (Å²) >= 11 is 0. The number of carbonyl (C=O) groups is 1. The third-order valence-electron chi connectivity index (χ3n) is 3.81. The molecular weight excluding hydrogens is 212 g/mol. The molecule has 1 unspecified atom stereocenters. The van der Waals surface area contributed by atoms with Gasteiger partial charge < -0.3 is 11.1 Å². The summed E-state index contributed by atoms with van der Waals surface area (Å²) in [6.07, 6.45) is 8.29. The lowest BCUT2D eigenvalue weighted by Gasteiger charge is -2.29. The Morgan fingerprint density at radius 3 is 2.47 bits per heavy atom. The number of nitrogens with two attached hydrogens (primary N) is 1. The lowest BCUT2D eigenvalue weighted by molar-refractivity contribution is -0.121. The smallest absolute Gasteiger partial charge is 0.220 e. The van der Waals surface area contributed by atoms with E-state index in [1.54, 1.807) is 0 Å². The van der Waals surface area contributed by atoms with Crippen LogP contribution >= 0.6 is 0 Å². The van der Waals surface area contributed by atoms with Gasteiger partial charge in [-0.2, -0.15) is 0 Å². The first-order chi connectivity index (χ1) is 8.13. The van der Waals surface area contributed by atoms with Gasteiger partial charge in [0.1, 0.15) is 0 Å². The van der Waals surface area contributed by atoms with E-state index in [1.807, 2.05) is 13.8 Å². The first-order valence-electron chi connectivity index (χ1n) is 7.13. The topological polar surface area (TPSA) is 55.1 Å². The molecule has 1 atom stereocenters. The Labute approximate surface area is 106 Å². The molecule has 1 saturated carbocycles. The standard InChI is InChI=1S/C14H28N2O/c1-11(2)16-14(17)9-8-13(10-15)12-6-4-3-5-7-12/h11-13H,3-10,15H2,1-2H3,(H,16,17). The molecular formula is C14H28N2O. The lowest BCUT2D eigenvalue weighted by Crippen LogP contribution is -2.32. The molecule has 1 rings (SSSR count). The summed E-state index contributed by atoms with van der Waals surface area (Å²) in [4.78, 5) is 11.6. The molecule has 0 radical (unpaired) electrons. The molecule has 0 aliphatic heterocycles. The molecule has 3 N–H and O–H groups in total. The third-order valence-corrected chi connectivity index (χ3v) is 3.81. The molecule has 0 aromatic carbocycles. The predicted octanol–water partition coefficient (Wildman–Crippen LogP) is 2.45. The molecule has 0 heterocycles. The highest BCUT2D eigenvalue weighted by molar-refractivity contribution is 5.76. The SMILES string of the molecule is CC(C)NC(=O)CCC(CN)C1CCCCC1. The molecule has 0 saturated heterocycles. The summed E-state index contributed by atoms with van der Waals surface area (Å²) in [6.45, 7) is 4.73. The van der Waals surface area contributed by atoms with Crippen LogP contribution in [0.4, 0.5) is 0 Å². The van der Waals surface area contributed by atoms with Gasteiger partial charge in [0, 0.05) is 12.5 Å². The minimum Gasteiger partial charge on any atom is -0.354 e. The molecule has 100 valence electrons. The van der Waals surface area contributed by atoms with Crippen molar-refractivity contribution in [1.82, 2.24) is 5.32 Å². The van der Waals surface area contributed by atoms with Gasteiger partial charge in [0.05, 0.1) is 0 Å². The molecule has 1 aliphatic rings. The van der Waals surface area contributed by atoms with E-state index < -0.39 is 0 Å². The van der Waals surface area contributed by atoms with E-state index in [9.17, 15) is 4.79 Å². The summed E-state index contributed by atoms with van der Waals surface area (Å²) in [6, 6.07) is 0.244. The van der Waals surface area contributed by atoms with Gasteiger partial charge in [-0.1, -0.05) is 32.1 Å². The second-order valence-electron chi connectivity index (χ2n) is 5.65. The Kier molecular flexibility index (Phi) is 6.56. The summed E-state index contributed by atoms with van der Waals surface area (Å²) in [5.74, 6) is 1.49. The quantitative estimate of drug-likeness (QED) is 0.749. The van der Waals surface area contributed by atoms with Crippen molar-refractivity contribution in [3.63, 3.8) is 0 Å². The third kappa shape index (κ3) is 5.53. The zero-order valence-electron chi connectivity index (χ0n) is 11.4. The number of carbonyl (C=O) groups excluding carboxylic acids is 1. The van der Waals surface area contributed by atoms with Gasteiger partial charge in [-0.3, -0.25) is 4.79 Å². The summed E-state index contributed by atoms with van der Waals surface area (Å²) in [7, 11) is 0. The van der Waals surface area contributed by atoms with Crippen LogP contribution in [0.2, 0.25) is 0 Å². The molecule has 1 aliphatic carbocycles. The normalized spacial score (nSPS) is 19.3. The zero-order valence-corrected chi connectivity index (χ0v) is 11.4. The van der Waals surface area contributed by atoms with Gasteiger partial charge in [0.2, 0.25) is 5.91 Å². The Morgan fingerprint density at radius 1 is 1.29 bits per heavy atom. The van der Waals surface area contributed by atoms with Crippen molar-refractivity contribution in [3.8, 4) is 0 Å². The van der Waals surface area contributed by atoms with Crippen molar-refractivity contribution >= 4 is 5.91 Å². The molecule has 3 heteroatoms. The molecule has 0 aromatic rings. The van der Waals surface area contributed by atoms with Crippen LogP contribution in [-0.2, 0) is 4.79 Å². The Morgan fingerprint density at radius 2 is 1.94 bits per heavy atom. The highest BCUT2D eigenvalue weighted by Gasteiger charge is 2.22. The van der Waals surface area contributed by atoms with Crippen LogP contribution in [0, 0.1) is 11.8 Å². The van der Waals surface area contributed by atoms with E-state index >= 15 is 0 Å². The van der Waals surface area contributed by atoms with E-state index in [4.69, 9.17) is 5.73 Å². The van der Waals surface area contributed by atoms with E-state index in [1.165, 1.54) is 32.1 Å².